The van der Waals surface area contributed by atoms with Crippen LogP contribution < -0.4 is 0 Å². The van der Waals surface area contributed by atoms with E-state index in [0.717, 1.165) is 29.7 Å². The Bertz CT molecular complexity index is 846. The van der Waals surface area contributed by atoms with E-state index in [-0.39, 0.29) is 6.04 Å². The number of nitrogens with zero attached hydrogens (tertiary/aromatic N) is 1. The summed E-state index contributed by atoms with van der Waals surface area (Å²) in [7, 11) is 2.11. The Balaban J connectivity index is 2.00. The number of hydrogen-bond donors (Lipinski definition) is 1. The van der Waals surface area contributed by atoms with Crippen LogP contribution >= 0.6 is 0 Å². The highest BCUT2D eigenvalue weighted by Crippen LogP contribution is 2.46. The van der Waals surface area contributed by atoms with Crippen LogP contribution in [0.15, 0.2) is 84.9 Å². The Kier molecular flexibility index (Phi) is 4.16. The molecule has 0 amide bonds. The topological polar surface area (TPSA) is 23.5 Å². The van der Waals surface area contributed by atoms with Gasteiger partial charge in [0.15, 0.2) is 0 Å². The molecule has 0 radical (unpaired) electrons. The summed E-state index contributed by atoms with van der Waals surface area (Å²) in [6.45, 7) is 0.908. The molecule has 0 saturated carbocycles. The average molecular weight is 329 g/mol. The smallest absolute Gasteiger partial charge is 0.134 e. The molecule has 1 aliphatic heterocycles. The minimum Gasteiger partial charge on any atom is -0.378 e. The molecule has 126 valence electrons. The summed E-state index contributed by atoms with van der Waals surface area (Å²) < 4.78 is 0. The van der Waals surface area contributed by atoms with Crippen LogP contribution in [0.5, 0.6) is 0 Å². The quantitative estimate of drug-likeness (QED) is 0.763. The normalized spacial score (nSPS) is 23.7. The van der Waals surface area contributed by atoms with Crippen LogP contribution in [-0.2, 0) is 12.0 Å². The highest BCUT2D eigenvalue weighted by Gasteiger charge is 2.45. The fraction of sp³-hybridized carbons (Fsp3) is 0.217. The van der Waals surface area contributed by atoms with E-state index in [2.05, 4.69) is 42.3 Å². The van der Waals surface area contributed by atoms with Crippen LogP contribution in [-0.4, -0.2) is 23.6 Å². The minimum atomic E-state index is -1.09. The van der Waals surface area contributed by atoms with Gasteiger partial charge in [0.25, 0.3) is 0 Å². The van der Waals surface area contributed by atoms with Gasteiger partial charge < -0.3 is 5.11 Å². The van der Waals surface area contributed by atoms with Crippen molar-refractivity contribution in [1.29, 1.82) is 0 Å². The van der Waals surface area contributed by atoms with Gasteiger partial charge in [-0.25, -0.2) is 0 Å². The predicted octanol–water partition coefficient (Wildman–Crippen LogP) is 4.15. The fourth-order valence-corrected chi connectivity index (χ4v) is 4.14. The van der Waals surface area contributed by atoms with Crippen molar-refractivity contribution >= 4 is 0 Å². The maximum Gasteiger partial charge on any atom is 0.134 e. The Morgan fingerprint density at radius 2 is 1.44 bits per heavy atom. The van der Waals surface area contributed by atoms with Crippen LogP contribution in [0.2, 0.25) is 0 Å². The van der Waals surface area contributed by atoms with E-state index < -0.39 is 5.60 Å². The summed E-state index contributed by atoms with van der Waals surface area (Å²) in [5, 5.41) is 12.2. The number of aliphatic hydroxyl groups is 1. The van der Waals surface area contributed by atoms with E-state index in [1.807, 2.05) is 54.6 Å². The monoisotopic (exact) mass is 329 g/mol. The summed E-state index contributed by atoms with van der Waals surface area (Å²) in [5.74, 6) is 0. The molecule has 2 atom stereocenters. The van der Waals surface area contributed by atoms with Gasteiger partial charge in [0.05, 0.1) is 6.04 Å². The SMILES string of the molecule is CN1CCc2ccccc2C(O)(c2ccccc2)C1c1ccccc1. The first-order valence-electron chi connectivity index (χ1n) is 8.82. The zero-order valence-corrected chi connectivity index (χ0v) is 14.5. The molecule has 4 rings (SSSR count). The number of rotatable bonds is 2. The van der Waals surface area contributed by atoms with Gasteiger partial charge in [0, 0.05) is 6.54 Å². The molecular formula is C23H23NO. The summed E-state index contributed by atoms with van der Waals surface area (Å²) in [6.07, 6.45) is 0.936. The molecule has 1 heterocycles. The van der Waals surface area contributed by atoms with Gasteiger partial charge in [0.1, 0.15) is 5.60 Å². The van der Waals surface area contributed by atoms with E-state index in [0.29, 0.717) is 0 Å². The molecular weight excluding hydrogens is 306 g/mol. The number of benzene rings is 3. The molecule has 2 nitrogen and oxygen atoms in total. The zero-order valence-electron chi connectivity index (χ0n) is 14.5. The molecule has 0 aliphatic carbocycles. The van der Waals surface area contributed by atoms with Gasteiger partial charge in [-0.2, -0.15) is 0 Å². The van der Waals surface area contributed by atoms with Crippen molar-refractivity contribution in [2.45, 2.75) is 18.1 Å². The van der Waals surface area contributed by atoms with E-state index in [1.54, 1.807) is 0 Å². The van der Waals surface area contributed by atoms with Crippen molar-refractivity contribution in [2.75, 3.05) is 13.6 Å². The molecule has 0 saturated heterocycles. The van der Waals surface area contributed by atoms with Crippen molar-refractivity contribution < 1.29 is 5.11 Å². The molecule has 3 aromatic carbocycles. The molecule has 0 spiro atoms. The molecule has 1 N–H and O–H groups in total. The van der Waals surface area contributed by atoms with E-state index in [9.17, 15) is 5.11 Å². The largest absolute Gasteiger partial charge is 0.378 e. The lowest BCUT2D eigenvalue weighted by molar-refractivity contribution is -0.00828. The maximum atomic E-state index is 12.2. The second-order valence-electron chi connectivity index (χ2n) is 6.83. The van der Waals surface area contributed by atoms with Crippen LogP contribution in [0.4, 0.5) is 0 Å². The van der Waals surface area contributed by atoms with Gasteiger partial charge in [-0.1, -0.05) is 84.9 Å². The van der Waals surface area contributed by atoms with Crippen molar-refractivity contribution in [3.8, 4) is 0 Å². The van der Waals surface area contributed by atoms with Gasteiger partial charge in [-0.15, -0.1) is 0 Å². The number of fused-ring (bicyclic) bond motifs is 1. The molecule has 25 heavy (non-hydrogen) atoms. The summed E-state index contributed by atoms with van der Waals surface area (Å²) >= 11 is 0. The second kappa shape index (κ2) is 6.47. The third-order valence-corrected chi connectivity index (χ3v) is 5.33. The minimum absolute atomic E-state index is 0.139. The Morgan fingerprint density at radius 3 is 2.16 bits per heavy atom. The Morgan fingerprint density at radius 1 is 0.840 bits per heavy atom. The zero-order chi connectivity index (χ0) is 17.3. The third kappa shape index (κ3) is 2.68. The molecule has 2 heteroatoms. The van der Waals surface area contributed by atoms with Gasteiger partial charge >= 0.3 is 0 Å². The lowest BCUT2D eigenvalue weighted by Gasteiger charge is -2.41. The van der Waals surface area contributed by atoms with Crippen LogP contribution in [0, 0.1) is 0 Å². The first-order valence-corrected chi connectivity index (χ1v) is 8.82. The van der Waals surface area contributed by atoms with Crippen LogP contribution in [0.3, 0.4) is 0 Å². The highest BCUT2D eigenvalue weighted by molar-refractivity contribution is 5.46. The van der Waals surface area contributed by atoms with Crippen LogP contribution in [0.1, 0.15) is 28.3 Å². The maximum absolute atomic E-state index is 12.2. The Hall–Kier alpha value is -2.42. The van der Waals surface area contributed by atoms with Crippen LogP contribution in [0.25, 0.3) is 0 Å². The number of hydrogen-bond acceptors (Lipinski definition) is 2. The predicted molar refractivity (Wildman–Crippen MR) is 101 cm³/mol. The van der Waals surface area contributed by atoms with Crippen molar-refractivity contribution in [2.24, 2.45) is 0 Å². The van der Waals surface area contributed by atoms with Crippen molar-refractivity contribution in [3.63, 3.8) is 0 Å². The molecule has 2 unspecified atom stereocenters. The van der Waals surface area contributed by atoms with Gasteiger partial charge in [0.2, 0.25) is 0 Å². The first-order chi connectivity index (χ1) is 12.2. The summed E-state index contributed by atoms with van der Waals surface area (Å²) in [4.78, 5) is 2.28. The van der Waals surface area contributed by atoms with Gasteiger partial charge in [-0.3, -0.25) is 4.90 Å². The Labute approximate surface area is 149 Å². The standard InChI is InChI=1S/C23H23NO/c1-24-17-16-18-10-8-9-15-21(18)23(25,20-13-6-3-7-14-20)22(24)19-11-4-2-5-12-19/h2-15,22,25H,16-17H2,1H3. The molecule has 0 aromatic heterocycles. The molecule has 3 aromatic rings. The van der Waals surface area contributed by atoms with Gasteiger partial charge in [-0.05, 0) is 35.7 Å². The second-order valence-corrected chi connectivity index (χ2v) is 6.83. The lowest BCUT2D eigenvalue weighted by Crippen LogP contribution is -2.42. The summed E-state index contributed by atoms with van der Waals surface area (Å²) in [6, 6.07) is 28.6. The fourth-order valence-electron chi connectivity index (χ4n) is 4.14. The first kappa shape index (κ1) is 16.1. The average Bonchev–Trinajstić information content (AvgIpc) is 2.79. The third-order valence-electron chi connectivity index (χ3n) is 5.33. The number of likely N-dealkylation sites (N-methyl/N-ethyl adjacent to an activating group) is 1. The van der Waals surface area contributed by atoms with E-state index in [1.165, 1.54) is 5.56 Å². The van der Waals surface area contributed by atoms with E-state index >= 15 is 0 Å². The molecule has 0 fully saturated rings. The molecule has 1 aliphatic rings. The van der Waals surface area contributed by atoms with Crippen molar-refractivity contribution in [1.82, 2.24) is 4.90 Å². The molecule has 0 bridgehead atoms. The summed E-state index contributed by atoms with van der Waals surface area (Å²) in [5.41, 5.74) is 3.21. The van der Waals surface area contributed by atoms with E-state index in [4.69, 9.17) is 0 Å². The highest BCUT2D eigenvalue weighted by atomic mass is 16.3. The van der Waals surface area contributed by atoms with Crippen molar-refractivity contribution in [3.05, 3.63) is 107 Å². The lowest BCUT2D eigenvalue weighted by atomic mass is 9.76.